The number of rotatable bonds is 5. The average molecular weight is 339 g/mol. The van der Waals surface area contributed by atoms with Gasteiger partial charge in [0.1, 0.15) is 5.82 Å². The van der Waals surface area contributed by atoms with Crippen LogP contribution in [0.2, 0.25) is 0 Å². The molecule has 0 aliphatic rings. The van der Waals surface area contributed by atoms with Gasteiger partial charge >= 0.3 is 6.18 Å². The van der Waals surface area contributed by atoms with Crippen molar-refractivity contribution in [2.45, 2.75) is 32.0 Å². The van der Waals surface area contributed by atoms with E-state index in [2.05, 4.69) is 5.32 Å². The summed E-state index contributed by atoms with van der Waals surface area (Å²) in [4.78, 5) is 12.3. The van der Waals surface area contributed by atoms with Crippen LogP contribution in [-0.2, 0) is 17.5 Å². The second kappa shape index (κ2) is 7.47. The molecule has 2 nitrogen and oxygen atoms in total. The maximum Gasteiger partial charge on any atom is 0.416 e. The molecular weight excluding hydrogens is 322 g/mol. The maximum absolute atomic E-state index is 13.1. The Hall–Kier alpha value is -2.37. The first-order valence-electron chi connectivity index (χ1n) is 7.51. The molecule has 0 spiro atoms. The van der Waals surface area contributed by atoms with Gasteiger partial charge in [-0.2, -0.15) is 13.2 Å². The molecule has 6 heteroatoms. The fourth-order valence-corrected chi connectivity index (χ4v) is 2.53. The topological polar surface area (TPSA) is 29.1 Å². The number of hydrogen-bond acceptors (Lipinski definition) is 1. The molecule has 0 aliphatic carbocycles. The molecule has 0 aromatic heterocycles. The van der Waals surface area contributed by atoms with Crippen molar-refractivity contribution < 1.29 is 22.4 Å². The number of carbonyl (C=O) groups excluding carboxylic acids is 1. The van der Waals surface area contributed by atoms with E-state index in [4.69, 9.17) is 0 Å². The normalized spacial score (nSPS) is 12.7. The van der Waals surface area contributed by atoms with Gasteiger partial charge in [-0.1, -0.05) is 43.3 Å². The maximum atomic E-state index is 13.1. The molecule has 128 valence electrons. The van der Waals surface area contributed by atoms with E-state index in [1.165, 1.54) is 0 Å². The number of alkyl halides is 3. The van der Waals surface area contributed by atoms with E-state index >= 15 is 0 Å². The summed E-state index contributed by atoms with van der Waals surface area (Å²) in [7, 11) is 0. The molecular formula is C18H17F4NO. The summed E-state index contributed by atoms with van der Waals surface area (Å²) in [5, 5.41) is 2.52. The standard InChI is InChI=1S/C18H17F4NO/c1-2-15(12-6-4-3-5-7-12)17(24)23-11-13-8-9-14(19)10-16(13)18(20,21)22/h3-10,15H,2,11H2,1H3,(H,23,24). The zero-order chi connectivity index (χ0) is 17.7. The SMILES string of the molecule is CCC(C(=O)NCc1ccc(F)cc1C(F)(F)F)c1ccccc1. The second-order valence-corrected chi connectivity index (χ2v) is 5.39. The highest BCUT2D eigenvalue weighted by molar-refractivity contribution is 5.83. The van der Waals surface area contributed by atoms with Gasteiger partial charge in [-0.3, -0.25) is 4.79 Å². The molecule has 0 bridgehead atoms. The van der Waals surface area contributed by atoms with Crippen LogP contribution in [0, 0.1) is 5.82 Å². The Bertz CT molecular complexity index is 698. The lowest BCUT2D eigenvalue weighted by Crippen LogP contribution is -2.29. The molecule has 0 saturated heterocycles. The third kappa shape index (κ3) is 4.34. The summed E-state index contributed by atoms with van der Waals surface area (Å²) in [5.41, 5.74) is -0.441. The van der Waals surface area contributed by atoms with Crippen LogP contribution in [0.5, 0.6) is 0 Å². The highest BCUT2D eigenvalue weighted by atomic mass is 19.4. The molecule has 1 N–H and O–H groups in total. The van der Waals surface area contributed by atoms with Crippen molar-refractivity contribution in [3.8, 4) is 0 Å². The Balaban J connectivity index is 2.14. The van der Waals surface area contributed by atoms with E-state index in [0.29, 0.717) is 12.5 Å². The fourth-order valence-electron chi connectivity index (χ4n) is 2.53. The molecule has 0 aliphatic heterocycles. The Morgan fingerprint density at radius 3 is 2.38 bits per heavy atom. The lowest BCUT2D eigenvalue weighted by Gasteiger charge is -2.17. The molecule has 0 radical (unpaired) electrons. The molecule has 0 heterocycles. The largest absolute Gasteiger partial charge is 0.416 e. The molecule has 0 fully saturated rings. The van der Waals surface area contributed by atoms with Gasteiger partial charge in [-0.25, -0.2) is 4.39 Å². The summed E-state index contributed by atoms with van der Waals surface area (Å²) in [6.07, 6.45) is -4.16. The summed E-state index contributed by atoms with van der Waals surface area (Å²) >= 11 is 0. The quantitative estimate of drug-likeness (QED) is 0.789. The third-order valence-electron chi connectivity index (χ3n) is 3.76. The van der Waals surface area contributed by atoms with Gasteiger partial charge < -0.3 is 5.32 Å². The van der Waals surface area contributed by atoms with Crippen LogP contribution in [0.15, 0.2) is 48.5 Å². The van der Waals surface area contributed by atoms with Crippen LogP contribution in [0.25, 0.3) is 0 Å². The van der Waals surface area contributed by atoms with Crippen molar-refractivity contribution in [2.24, 2.45) is 0 Å². The minimum atomic E-state index is -4.67. The van der Waals surface area contributed by atoms with Gasteiger partial charge in [0, 0.05) is 6.54 Å². The van der Waals surface area contributed by atoms with Gasteiger partial charge in [-0.05, 0) is 29.7 Å². The highest BCUT2D eigenvalue weighted by Gasteiger charge is 2.33. The first-order chi connectivity index (χ1) is 11.3. The van der Waals surface area contributed by atoms with Crippen molar-refractivity contribution in [3.05, 3.63) is 71.0 Å². The lowest BCUT2D eigenvalue weighted by atomic mass is 9.95. The first kappa shape index (κ1) is 18.0. The molecule has 2 aromatic carbocycles. The van der Waals surface area contributed by atoms with Crippen molar-refractivity contribution in [2.75, 3.05) is 0 Å². The van der Waals surface area contributed by atoms with E-state index in [0.717, 1.165) is 17.7 Å². The fraction of sp³-hybridized carbons (Fsp3) is 0.278. The molecule has 2 aromatic rings. The van der Waals surface area contributed by atoms with E-state index in [1.807, 2.05) is 13.0 Å². The van der Waals surface area contributed by atoms with Gasteiger partial charge in [0.2, 0.25) is 5.91 Å². The number of benzene rings is 2. The summed E-state index contributed by atoms with van der Waals surface area (Å²) in [5.74, 6) is -1.77. The number of halogens is 4. The monoisotopic (exact) mass is 339 g/mol. The zero-order valence-corrected chi connectivity index (χ0v) is 13.0. The van der Waals surface area contributed by atoms with E-state index in [-0.39, 0.29) is 18.0 Å². The van der Waals surface area contributed by atoms with E-state index in [1.54, 1.807) is 24.3 Å². The van der Waals surface area contributed by atoms with E-state index < -0.39 is 23.5 Å². The van der Waals surface area contributed by atoms with Gasteiger partial charge in [0.05, 0.1) is 11.5 Å². The molecule has 1 amide bonds. The highest BCUT2D eigenvalue weighted by Crippen LogP contribution is 2.32. The van der Waals surface area contributed by atoms with Crippen LogP contribution in [0.3, 0.4) is 0 Å². The van der Waals surface area contributed by atoms with Crippen LogP contribution in [0.4, 0.5) is 17.6 Å². The third-order valence-corrected chi connectivity index (χ3v) is 3.76. The van der Waals surface area contributed by atoms with Crippen molar-refractivity contribution in [3.63, 3.8) is 0 Å². The Labute approximate surface area is 137 Å². The lowest BCUT2D eigenvalue weighted by molar-refractivity contribution is -0.138. The minimum absolute atomic E-state index is 0.167. The minimum Gasteiger partial charge on any atom is -0.351 e. The summed E-state index contributed by atoms with van der Waals surface area (Å²) in [6.45, 7) is 1.52. The van der Waals surface area contributed by atoms with Crippen molar-refractivity contribution >= 4 is 5.91 Å². The Morgan fingerprint density at radius 2 is 1.79 bits per heavy atom. The van der Waals surface area contributed by atoms with E-state index in [9.17, 15) is 22.4 Å². The summed E-state index contributed by atoms with van der Waals surface area (Å²) < 4.78 is 52.0. The zero-order valence-electron chi connectivity index (χ0n) is 13.0. The number of hydrogen-bond donors (Lipinski definition) is 1. The van der Waals surface area contributed by atoms with Crippen molar-refractivity contribution in [1.82, 2.24) is 5.32 Å². The smallest absolute Gasteiger partial charge is 0.351 e. The number of amides is 1. The van der Waals surface area contributed by atoms with Gasteiger partial charge in [0.25, 0.3) is 0 Å². The molecule has 2 rings (SSSR count). The number of nitrogens with one attached hydrogen (secondary N) is 1. The van der Waals surface area contributed by atoms with Gasteiger partial charge in [-0.15, -0.1) is 0 Å². The molecule has 24 heavy (non-hydrogen) atoms. The van der Waals surface area contributed by atoms with Crippen LogP contribution in [-0.4, -0.2) is 5.91 Å². The molecule has 1 unspecified atom stereocenters. The van der Waals surface area contributed by atoms with Crippen molar-refractivity contribution in [1.29, 1.82) is 0 Å². The Kier molecular flexibility index (Phi) is 5.59. The van der Waals surface area contributed by atoms with Gasteiger partial charge in [0.15, 0.2) is 0 Å². The second-order valence-electron chi connectivity index (χ2n) is 5.39. The van der Waals surface area contributed by atoms with Crippen LogP contribution < -0.4 is 5.32 Å². The predicted molar refractivity (Wildman–Crippen MR) is 82.7 cm³/mol. The van der Waals surface area contributed by atoms with Crippen LogP contribution >= 0.6 is 0 Å². The summed E-state index contributed by atoms with van der Waals surface area (Å²) in [6, 6.07) is 11.4. The molecule has 1 atom stereocenters. The predicted octanol–water partition coefficient (Wildman–Crippen LogP) is 4.65. The molecule has 0 saturated carbocycles. The number of carbonyl (C=O) groups is 1. The van der Waals surface area contributed by atoms with Crippen LogP contribution in [0.1, 0.15) is 36.0 Å². The Morgan fingerprint density at radius 1 is 1.12 bits per heavy atom. The average Bonchev–Trinajstić information content (AvgIpc) is 2.54. The first-order valence-corrected chi connectivity index (χ1v) is 7.51.